The van der Waals surface area contributed by atoms with Crippen molar-refractivity contribution in [2.75, 3.05) is 43.4 Å². The zero-order chi connectivity index (χ0) is 21.5. The minimum absolute atomic E-state index is 0.00585. The normalized spacial score (nSPS) is 14.3. The highest BCUT2D eigenvalue weighted by atomic mass is 16.2. The zero-order valence-electron chi connectivity index (χ0n) is 17.5. The number of nitrogens with one attached hydrogen (secondary N) is 3. The molecule has 3 rings (SSSR count). The van der Waals surface area contributed by atoms with Gasteiger partial charge in [0.05, 0.1) is 26.2 Å². The van der Waals surface area contributed by atoms with Crippen LogP contribution >= 0.6 is 0 Å². The highest BCUT2D eigenvalue weighted by molar-refractivity contribution is 5.97. The number of hydrogen-bond donors (Lipinski definition) is 3. The maximum absolute atomic E-state index is 12.8. The van der Waals surface area contributed by atoms with Crippen LogP contribution in [0.25, 0.3) is 0 Å². The molecule has 3 amide bonds. The topological polar surface area (TPSA) is 82.9 Å². The molecular formula is C23H29N4O3+. The number of amides is 3. The molecule has 0 radical (unpaired) electrons. The van der Waals surface area contributed by atoms with Crippen molar-refractivity contribution in [2.24, 2.45) is 0 Å². The van der Waals surface area contributed by atoms with Crippen molar-refractivity contribution in [2.45, 2.75) is 20.3 Å². The molecule has 1 aliphatic rings. The molecule has 0 spiro atoms. The molecule has 158 valence electrons. The van der Waals surface area contributed by atoms with Crippen molar-refractivity contribution in [1.82, 2.24) is 4.90 Å². The average molecular weight is 410 g/mol. The van der Waals surface area contributed by atoms with Gasteiger partial charge in [0.2, 0.25) is 5.91 Å². The first kappa shape index (κ1) is 21.5. The number of para-hydroxylation sites is 1. The van der Waals surface area contributed by atoms with E-state index < -0.39 is 0 Å². The summed E-state index contributed by atoms with van der Waals surface area (Å²) in [4.78, 5) is 39.5. The van der Waals surface area contributed by atoms with Crippen LogP contribution in [0, 0.1) is 0 Å². The molecule has 1 heterocycles. The maximum Gasteiger partial charge on any atom is 0.279 e. The van der Waals surface area contributed by atoms with Crippen molar-refractivity contribution in [3.05, 3.63) is 59.7 Å². The first-order valence-electron chi connectivity index (χ1n) is 10.3. The molecule has 0 atom stereocenters. The van der Waals surface area contributed by atoms with Gasteiger partial charge in [0, 0.05) is 23.9 Å². The van der Waals surface area contributed by atoms with E-state index >= 15 is 0 Å². The van der Waals surface area contributed by atoms with Crippen LogP contribution in [-0.2, 0) is 16.0 Å². The molecule has 1 fully saturated rings. The molecule has 0 aliphatic carbocycles. The molecule has 0 aromatic heterocycles. The number of benzene rings is 2. The fourth-order valence-corrected chi connectivity index (χ4v) is 3.69. The first-order chi connectivity index (χ1) is 14.5. The maximum atomic E-state index is 12.8. The lowest BCUT2D eigenvalue weighted by Crippen LogP contribution is -3.15. The van der Waals surface area contributed by atoms with Crippen LogP contribution in [0.4, 0.5) is 11.4 Å². The van der Waals surface area contributed by atoms with Crippen LogP contribution in [0.3, 0.4) is 0 Å². The molecule has 0 unspecified atom stereocenters. The van der Waals surface area contributed by atoms with Gasteiger partial charge in [-0.1, -0.05) is 31.2 Å². The molecule has 0 bridgehead atoms. The minimum atomic E-state index is -0.170. The van der Waals surface area contributed by atoms with Gasteiger partial charge >= 0.3 is 0 Å². The van der Waals surface area contributed by atoms with Crippen LogP contribution < -0.4 is 15.5 Å². The van der Waals surface area contributed by atoms with Crippen LogP contribution in [0.2, 0.25) is 0 Å². The number of hydrogen-bond acceptors (Lipinski definition) is 3. The van der Waals surface area contributed by atoms with E-state index in [0.717, 1.165) is 35.7 Å². The molecule has 30 heavy (non-hydrogen) atoms. The van der Waals surface area contributed by atoms with Gasteiger partial charge in [-0.05, 0) is 36.2 Å². The van der Waals surface area contributed by atoms with Gasteiger partial charge in [0.15, 0.2) is 6.54 Å². The lowest BCUT2D eigenvalue weighted by atomic mass is 10.1. The Labute approximate surface area is 177 Å². The summed E-state index contributed by atoms with van der Waals surface area (Å²) in [6.07, 6.45) is 0.868. The van der Waals surface area contributed by atoms with E-state index in [4.69, 9.17) is 0 Å². The minimum Gasteiger partial charge on any atom is -0.327 e. The Morgan fingerprint density at radius 1 is 1.00 bits per heavy atom. The van der Waals surface area contributed by atoms with E-state index in [9.17, 15) is 14.4 Å². The Kier molecular flexibility index (Phi) is 7.19. The molecule has 2 aromatic carbocycles. The lowest BCUT2D eigenvalue weighted by Gasteiger charge is -2.32. The van der Waals surface area contributed by atoms with Gasteiger partial charge in [-0.25, -0.2) is 0 Å². The smallest absolute Gasteiger partial charge is 0.279 e. The average Bonchev–Trinajstić information content (AvgIpc) is 2.74. The lowest BCUT2D eigenvalue weighted by molar-refractivity contribution is -0.895. The Hall–Kier alpha value is -3.19. The number of quaternary nitrogens is 1. The molecule has 0 saturated carbocycles. The summed E-state index contributed by atoms with van der Waals surface area (Å²) in [5, 5.41) is 5.72. The molecule has 1 saturated heterocycles. The monoisotopic (exact) mass is 409 g/mol. The van der Waals surface area contributed by atoms with Gasteiger partial charge < -0.3 is 20.4 Å². The Balaban J connectivity index is 1.51. The number of piperazine rings is 1. The van der Waals surface area contributed by atoms with Crippen molar-refractivity contribution < 1.29 is 19.3 Å². The summed E-state index contributed by atoms with van der Waals surface area (Å²) < 4.78 is 0. The van der Waals surface area contributed by atoms with E-state index in [1.54, 1.807) is 29.2 Å². The quantitative estimate of drug-likeness (QED) is 0.670. The summed E-state index contributed by atoms with van der Waals surface area (Å²) >= 11 is 0. The molecule has 3 N–H and O–H groups in total. The van der Waals surface area contributed by atoms with E-state index in [0.29, 0.717) is 30.9 Å². The van der Waals surface area contributed by atoms with E-state index in [1.165, 1.54) is 6.92 Å². The number of nitrogens with zero attached hydrogens (tertiary/aromatic N) is 1. The molecular weight excluding hydrogens is 380 g/mol. The largest absolute Gasteiger partial charge is 0.327 e. The van der Waals surface area contributed by atoms with Crippen LogP contribution in [-0.4, -0.2) is 55.3 Å². The van der Waals surface area contributed by atoms with Crippen molar-refractivity contribution in [3.63, 3.8) is 0 Å². The highest BCUT2D eigenvalue weighted by Crippen LogP contribution is 2.15. The second-order valence-corrected chi connectivity index (χ2v) is 7.54. The van der Waals surface area contributed by atoms with Gasteiger partial charge in [0.1, 0.15) is 0 Å². The van der Waals surface area contributed by atoms with Crippen LogP contribution in [0.1, 0.15) is 29.8 Å². The zero-order valence-corrected chi connectivity index (χ0v) is 17.5. The van der Waals surface area contributed by atoms with Gasteiger partial charge in [0.25, 0.3) is 11.8 Å². The third-order valence-electron chi connectivity index (χ3n) is 5.27. The number of anilines is 2. The summed E-state index contributed by atoms with van der Waals surface area (Å²) in [5.41, 5.74) is 3.16. The first-order valence-corrected chi connectivity index (χ1v) is 10.3. The second-order valence-electron chi connectivity index (χ2n) is 7.54. The number of carbonyl (C=O) groups is 3. The fourth-order valence-electron chi connectivity index (χ4n) is 3.69. The number of rotatable bonds is 6. The van der Waals surface area contributed by atoms with Crippen molar-refractivity contribution in [1.29, 1.82) is 0 Å². The standard InChI is InChI=1S/C23H28N4O3/c1-3-18-7-4-5-10-21(18)25-22(29)16-26-11-13-27(14-12-26)23(30)19-8-6-9-20(15-19)24-17(2)28/h4-10,15H,3,11-14,16H2,1-2H3,(H,24,28)(H,25,29)/p+1. The highest BCUT2D eigenvalue weighted by Gasteiger charge is 2.26. The predicted octanol–water partition coefficient (Wildman–Crippen LogP) is 1.19. The summed E-state index contributed by atoms with van der Waals surface area (Å²) in [6, 6.07) is 14.8. The summed E-state index contributed by atoms with van der Waals surface area (Å²) in [6.45, 7) is 6.53. The van der Waals surface area contributed by atoms with Gasteiger partial charge in [-0.2, -0.15) is 0 Å². The molecule has 2 aromatic rings. The molecule has 7 heteroatoms. The summed E-state index contributed by atoms with van der Waals surface area (Å²) in [7, 11) is 0. The molecule has 7 nitrogen and oxygen atoms in total. The number of carbonyl (C=O) groups excluding carboxylic acids is 3. The Bertz CT molecular complexity index is 920. The van der Waals surface area contributed by atoms with Gasteiger partial charge in [-0.3, -0.25) is 14.4 Å². The number of aryl methyl sites for hydroxylation is 1. The van der Waals surface area contributed by atoms with E-state index in [-0.39, 0.29) is 17.7 Å². The molecule has 1 aliphatic heterocycles. The second kappa shape index (κ2) is 10.0. The van der Waals surface area contributed by atoms with Crippen molar-refractivity contribution in [3.8, 4) is 0 Å². The van der Waals surface area contributed by atoms with Crippen molar-refractivity contribution >= 4 is 29.1 Å². The fraction of sp³-hybridized carbons (Fsp3) is 0.348. The third kappa shape index (κ3) is 5.67. The Morgan fingerprint density at radius 2 is 1.73 bits per heavy atom. The predicted molar refractivity (Wildman–Crippen MR) is 117 cm³/mol. The summed E-state index contributed by atoms with van der Waals surface area (Å²) in [5.74, 6) is -0.229. The third-order valence-corrected chi connectivity index (χ3v) is 5.27. The van der Waals surface area contributed by atoms with Gasteiger partial charge in [-0.15, -0.1) is 0 Å². The Morgan fingerprint density at radius 3 is 2.43 bits per heavy atom. The van der Waals surface area contributed by atoms with E-state index in [2.05, 4.69) is 17.6 Å². The van der Waals surface area contributed by atoms with E-state index in [1.807, 2.05) is 24.3 Å². The SMILES string of the molecule is CCc1ccccc1NC(=O)C[NH+]1CCN(C(=O)c2cccc(NC(C)=O)c2)CC1. The van der Waals surface area contributed by atoms with Crippen LogP contribution in [0.15, 0.2) is 48.5 Å². The van der Waals surface area contributed by atoms with Crippen LogP contribution in [0.5, 0.6) is 0 Å².